The van der Waals surface area contributed by atoms with E-state index in [4.69, 9.17) is 15.1 Å². The number of nitrogens with two attached hydrogens (primary N) is 1. The Morgan fingerprint density at radius 3 is 2.44 bits per heavy atom. The number of benzene rings is 1. The van der Waals surface area contributed by atoms with Crippen molar-refractivity contribution in [2.45, 2.75) is 64.8 Å². The molecular weight excluding hydrogens is 416 g/mol. The number of nitrogens with zero attached hydrogens (tertiary/aromatic N) is 1. The van der Waals surface area contributed by atoms with Crippen molar-refractivity contribution >= 4 is 24.2 Å². The summed E-state index contributed by atoms with van der Waals surface area (Å²) in [5, 5.41) is 0.193. The molecule has 1 aromatic heterocycles. The standard InChI is InChI=1S/C22H33BrN2OSi/c1-22(2,3)27(4,5)26-16-21-18(11-12-20(25-21)13-14-24)10-9-17-7-6-8-19(23)15-17/h6-8,11-12,15H,9-10,13-14,16,24H2,1-5H3. The maximum Gasteiger partial charge on any atom is 0.192 e. The largest absolute Gasteiger partial charge is 0.411 e. The zero-order chi connectivity index (χ0) is 20.1. The maximum atomic E-state index is 6.46. The Labute approximate surface area is 174 Å². The molecule has 0 aliphatic rings. The second kappa shape index (κ2) is 9.46. The minimum atomic E-state index is -1.81. The Balaban J connectivity index is 2.18. The van der Waals surface area contributed by atoms with Gasteiger partial charge in [0, 0.05) is 16.6 Å². The number of rotatable bonds is 8. The molecule has 0 saturated heterocycles. The molecule has 27 heavy (non-hydrogen) atoms. The van der Waals surface area contributed by atoms with Gasteiger partial charge in [-0.3, -0.25) is 4.98 Å². The van der Waals surface area contributed by atoms with Crippen LogP contribution in [0.3, 0.4) is 0 Å². The van der Waals surface area contributed by atoms with Crippen LogP contribution in [0.2, 0.25) is 18.1 Å². The Kier molecular flexibility index (Phi) is 7.80. The minimum Gasteiger partial charge on any atom is -0.411 e. The molecule has 0 spiro atoms. The summed E-state index contributed by atoms with van der Waals surface area (Å²) >= 11 is 3.56. The van der Waals surface area contributed by atoms with Crippen LogP contribution in [-0.4, -0.2) is 19.8 Å². The SMILES string of the molecule is CC(C)(C)[Si](C)(C)OCc1nc(CCN)ccc1CCc1cccc(Br)c1. The van der Waals surface area contributed by atoms with Gasteiger partial charge in [0.2, 0.25) is 0 Å². The molecule has 0 aliphatic heterocycles. The highest BCUT2D eigenvalue weighted by molar-refractivity contribution is 9.10. The zero-order valence-corrected chi connectivity index (χ0v) is 19.9. The first-order chi connectivity index (χ1) is 12.6. The monoisotopic (exact) mass is 448 g/mol. The number of pyridine rings is 1. The highest BCUT2D eigenvalue weighted by atomic mass is 79.9. The highest BCUT2D eigenvalue weighted by Crippen LogP contribution is 2.37. The third kappa shape index (κ3) is 6.52. The molecule has 148 valence electrons. The summed E-state index contributed by atoms with van der Waals surface area (Å²) in [6.07, 6.45) is 2.76. The molecule has 3 nitrogen and oxygen atoms in total. The van der Waals surface area contributed by atoms with E-state index >= 15 is 0 Å². The second-order valence-corrected chi connectivity index (χ2v) is 14.4. The van der Waals surface area contributed by atoms with Gasteiger partial charge < -0.3 is 10.2 Å². The van der Waals surface area contributed by atoms with Crippen LogP contribution in [0.1, 0.15) is 43.3 Å². The van der Waals surface area contributed by atoms with Crippen LogP contribution in [-0.2, 0) is 30.3 Å². The summed E-state index contributed by atoms with van der Waals surface area (Å²) in [5.74, 6) is 0. The molecular formula is C22H33BrN2OSi. The Bertz CT molecular complexity index is 756. The van der Waals surface area contributed by atoms with Gasteiger partial charge in [0.05, 0.1) is 12.3 Å². The molecule has 2 rings (SSSR count). The third-order valence-corrected chi connectivity index (χ3v) is 10.4. The number of aromatic nitrogens is 1. The van der Waals surface area contributed by atoms with Crippen LogP contribution in [0.5, 0.6) is 0 Å². The van der Waals surface area contributed by atoms with Gasteiger partial charge in [-0.05, 0) is 66.8 Å². The molecule has 0 aliphatic carbocycles. The summed E-state index contributed by atoms with van der Waals surface area (Å²) in [6, 6.07) is 12.8. The summed E-state index contributed by atoms with van der Waals surface area (Å²) in [5.41, 5.74) is 10.5. The van der Waals surface area contributed by atoms with Crippen LogP contribution >= 0.6 is 15.9 Å². The smallest absolute Gasteiger partial charge is 0.192 e. The van der Waals surface area contributed by atoms with Crippen molar-refractivity contribution in [2.24, 2.45) is 5.73 Å². The predicted octanol–water partition coefficient (Wildman–Crippen LogP) is 5.65. The zero-order valence-electron chi connectivity index (χ0n) is 17.3. The van der Waals surface area contributed by atoms with E-state index in [0.29, 0.717) is 13.2 Å². The van der Waals surface area contributed by atoms with Crippen LogP contribution in [0.25, 0.3) is 0 Å². The van der Waals surface area contributed by atoms with Gasteiger partial charge in [-0.2, -0.15) is 0 Å². The van der Waals surface area contributed by atoms with E-state index in [2.05, 4.69) is 86.2 Å². The topological polar surface area (TPSA) is 48.1 Å². The molecule has 1 heterocycles. The van der Waals surface area contributed by atoms with Crippen molar-refractivity contribution in [1.29, 1.82) is 0 Å². The Morgan fingerprint density at radius 2 is 1.81 bits per heavy atom. The molecule has 0 amide bonds. The summed E-state index contributed by atoms with van der Waals surface area (Å²) < 4.78 is 7.59. The van der Waals surface area contributed by atoms with Crippen molar-refractivity contribution in [3.05, 3.63) is 63.4 Å². The summed E-state index contributed by atoms with van der Waals surface area (Å²) in [4.78, 5) is 4.89. The van der Waals surface area contributed by atoms with Crippen molar-refractivity contribution in [1.82, 2.24) is 4.98 Å². The molecule has 0 fully saturated rings. The average molecular weight is 450 g/mol. The van der Waals surface area contributed by atoms with Crippen molar-refractivity contribution in [3.63, 3.8) is 0 Å². The molecule has 0 radical (unpaired) electrons. The molecule has 1 aromatic carbocycles. The average Bonchev–Trinajstić information content (AvgIpc) is 2.58. The van der Waals surface area contributed by atoms with E-state index in [0.717, 1.165) is 35.1 Å². The van der Waals surface area contributed by atoms with Crippen LogP contribution in [0, 0.1) is 0 Å². The fraction of sp³-hybridized carbons (Fsp3) is 0.500. The van der Waals surface area contributed by atoms with E-state index in [-0.39, 0.29) is 5.04 Å². The lowest BCUT2D eigenvalue weighted by Crippen LogP contribution is -2.40. The van der Waals surface area contributed by atoms with E-state index in [9.17, 15) is 0 Å². The first-order valence-corrected chi connectivity index (χ1v) is 13.4. The molecule has 5 heteroatoms. The quantitative estimate of drug-likeness (QED) is 0.530. The molecule has 0 bridgehead atoms. The van der Waals surface area contributed by atoms with E-state index in [1.807, 2.05) is 0 Å². The predicted molar refractivity (Wildman–Crippen MR) is 121 cm³/mol. The van der Waals surface area contributed by atoms with Gasteiger partial charge in [0.25, 0.3) is 0 Å². The summed E-state index contributed by atoms with van der Waals surface area (Å²) in [6.45, 7) is 12.6. The van der Waals surface area contributed by atoms with Gasteiger partial charge in [-0.15, -0.1) is 0 Å². The van der Waals surface area contributed by atoms with Gasteiger partial charge in [0.1, 0.15) is 0 Å². The molecule has 2 aromatic rings. The van der Waals surface area contributed by atoms with Gasteiger partial charge in [-0.1, -0.05) is 54.9 Å². The number of halogens is 1. The van der Waals surface area contributed by atoms with Crippen molar-refractivity contribution in [2.75, 3.05) is 6.54 Å². The van der Waals surface area contributed by atoms with Gasteiger partial charge in [-0.25, -0.2) is 0 Å². The lowest BCUT2D eigenvalue weighted by atomic mass is 10.0. The van der Waals surface area contributed by atoms with E-state index in [1.165, 1.54) is 11.1 Å². The fourth-order valence-corrected chi connectivity index (χ4v) is 4.03. The van der Waals surface area contributed by atoms with E-state index < -0.39 is 8.32 Å². The lowest BCUT2D eigenvalue weighted by Gasteiger charge is -2.36. The van der Waals surface area contributed by atoms with Gasteiger partial charge >= 0.3 is 0 Å². The second-order valence-electron chi connectivity index (χ2n) is 8.63. The molecule has 0 saturated carbocycles. The van der Waals surface area contributed by atoms with Crippen molar-refractivity contribution in [3.8, 4) is 0 Å². The van der Waals surface area contributed by atoms with Crippen molar-refractivity contribution < 1.29 is 4.43 Å². The van der Waals surface area contributed by atoms with Gasteiger partial charge in [0.15, 0.2) is 8.32 Å². The normalized spacial score (nSPS) is 12.4. The Hall–Kier alpha value is -1.01. The van der Waals surface area contributed by atoms with Crippen LogP contribution in [0.15, 0.2) is 40.9 Å². The molecule has 0 unspecified atom stereocenters. The fourth-order valence-electron chi connectivity index (χ4n) is 2.65. The first kappa shape index (κ1) is 22.3. The maximum absolute atomic E-state index is 6.46. The third-order valence-electron chi connectivity index (χ3n) is 5.47. The Morgan fingerprint density at radius 1 is 1.07 bits per heavy atom. The number of aryl methyl sites for hydroxylation is 2. The lowest BCUT2D eigenvalue weighted by molar-refractivity contribution is 0.270. The molecule has 2 N–H and O–H groups in total. The van der Waals surface area contributed by atoms with Crippen LogP contribution in [0.4, 0.5) is 0 Å². The van der Waals surface area contributed by atoms with Crippen LogP contribution < -0.4 is 5.73 Å². The number of hydrogen-bond acceptors (Lipinski definition) is 3. The molecule has 0 atom stereocenters. The van der Waals surface area contributed by atoms with E-state index in [1.54, 1.807) is 0 Å². The first-order valence-electron chi connectivity index (χ1n) is 9.68. The number of hydrogen-bond donors (Lipinski definition) is 1. The minimum absolute atomic E-state index is 0.193. The highest BCUT2D eigenvalue weighted by Gasteiger charge is 2.37. The summed E-state index contributed by atoms with van der Waals surface area (Å²) in [7, 11) is -1.81.